The van der Waals surface area contributed by atoms with Crippen molar-refractivity contribution in [3.8, 4) is 0 Å². The third-order valence-electron chi connectivity index (χ3n) is 4.45. The summed E-state index contributed by atoms with van der Waals surface area (Å²) in [5, 5.41) is 28.6. The third-order valence-corrected chi connectivity index (χ3v) is 4.45. The summed E-state index contributed by atoms with van der Waals surface area (Å²) in [5.41, 5.74) is 0. The average Bonchev–Trinajstić information content (AvgIpc) is 2.86. The maximum absolute atomic E-state index is 11.7. The molecule has 1 heterocycles. The summed E-state index contributed by atoms with van der Waals surface area (Å²) in [4.78, 5) is 22.8. The molecule has 25 heavy (non-hydrogen) atoms. The van der Waals surface area contributed by atoms with E-state index in [1.165, 1.54) is 44.9 Å². The van der Waals surface area contributed by atoms with E-state index in [1.807, 2.05) is 0 Å². The summed E-state index contributed by atoms with van der Waals surface area (Å²) >= 11 is 0. The number of carbonyl (C=O) groups is 2. The smallest absolute Gasteiger partial charge is 0.339 e. The van der Waals surface area contributed by atoms with Gasteiger partial charge in [0.1, 0.15) is 6.10 Å². The Morgan fingerprint density at radius 2 is 1.56 bits per heavy atom. The van der Waals surface area contributed by atoms with Crippen LogP contribution in [0.1, 0.15) is 71.1 Å². The Balaban J connectivity index is 2.02. The van der Waals surface area contributed by atoms with Gasteiger partial charge in [0.25, 0.3) is 0 Å². The van der Waals surface area contributed by atoms with Crippen LogP contribution in [0.15, 0.2) is 0 Å². The molecule has 0 aliphatic carbocycles. The van der Waals surface area contributed by atoms with Crippen molar-refractivity contribution in [3.63, 3.8) is 0 Å². The number of ether oxygens (including phenoxy) is 2. The highest BCUT2D eigenvalue weighted by Gasteiger charge is 2.48. The second-order valence-electron chi connectivity index (χ2n) is 6.63. The van der Waals surface area contributed by atoms with Crippen LogP contribution in [0.3, 0.4) is 0 Å². The van der Waals surface area contributed by atoms with Crippen LogP contribution in [0, 0.1) is 0 Å². The minimum absolute atomic E-state index is 0.172. The molecular weight excluding hydrogens is 328 g/mol. The zero-order chi connectivity index (χ0) is 18.7. The Kier molecular flexibility index (Phi) is 10.7. The largest absolute Gasteiger partial charge is 0.464 e. The molecule has 0 saturated carbocycles. The Labute approximate surface area is 149 Å². The lowest BCUT2D eigenvalue weighted by atomic mass is 10.1. The highest BCUT2D eigenvalue weighted by molar-refractivity contribution is 5.81. The number of aliphatic hydroxyl groups excluding tert-OH is 3. The van der Waals surface area contributed by atoms with E-state index in [1.54, 1.807) is 0 Å². The molecule has 0 unspecified atom stereocenters. The molecule has 1 rings (SSSR count). The van der Waals surface area contributed by atoms with Gasteiger partial charge in [0.2, 0.25) is 0 Å². The summed E-state index contributed by atoms with van der Waals surface area (Å²) in [6.45, 7) is 2.38. The topological polar surface area (TPSA) is 113 Å². The molecule has 0 amide bonds. The lowest BCUT2D eigenvalue weighted by molar-refractivity contribution is -0.167. The van der Waals surface area contributed by atoms with Crippen LogP contribution in [-0.4, -0.2) is 58.3 Å². The van der Waals surface area contributed by atoms with E-state index in [-0.39, 0.29) is 6.61 Å². The standard InChI is InChI=1S/C18H32O7/c1-2-3-4-5-6-7-8-9-10-11-12-24-17(22)15(21)16-13(19)14(20)18(23)25-16/h13-16,19-21H,2-12H2,1H3/t13-,14+,15-,16+/m1/s1. The number of hydrogen-bond acceptors (Lipinski definition) is 7. The van der Waals surface area contributed by atoms with Crippen LogP contribution >= 0.6 is 0 Å². The number of hydrogen-bond donors (Lipinski definition) is 3. The highest BCUT2D eigenvalue weighted by Crippen LogP contribution is 2.20. The predicted octanol–water partition coefficient (Wildman–Crippen LogP) is 1.46. The molecule has 0 aromatic rings. The first-order valence-corrected chi connectivity index (χ1v) is 9.40. The number of aliphatic hydroxyl groups is 3. The van der Waals surface area contributed by atoms with E-state index in [9.17, 15) is 24.9 Å². The summed E-state index contributed by atoms with van der Waals surface area (Å²) in [6, 6.07) is 0. The van der Waals surface area contributed by atoms with Gasteiger partial charge in [-0.05, 0) is 6.42 Å². The second kappa shape index (κ2) is 12.2. The molecule has 146 valence electrons. The Bertz CT molecular complexity index is 399. The van der Waals surface area contributed by atoms with Crippen molar-refractivity contribution in [2.45, 2.75) is 95.5 Å². The van der Waals surface area contributed by atoms with Gasteiger partial charge >= 0.3 is 11.9 Å². The SMILES string of the molecule is CCCCCCCCCCCCOC(=O)[C@H](O)[C@H]1OC(=O)[C@@H](O)[C@H]1O. The van der Waals surface area contributed by atoms with Crippen molar-refractivity contribution in [1.29, 1.82) is 0 Å². The van der Waals surface area contributed by atoms with Gasteiger partial charge in [-0.15, -0.1) is 0 Å². The van der Waals surface area contributed by atoms with E-state index in [2.05, 4.69) is 11.7 Å². The molecular formula is C18H32O7. The first-order chi connectivity index (χ1) is 12.0. The predicted molar refractivity (Wildman–Crippen MR) is 90.7 cm³/mol. The zero-order valence-electron chi connectivity index (χ0n) is 15.1. The summed E-state index contributed by atoms with van der Waals surface area (Å²) in [7, 11) is 0. The lowest BCUT2D eigenvalue weighted by Crippen LogP contribution is -2.43. The molecule has 1 fully saturated rings. The molecule has 0 bridgehead atoms. The normalized spacial score (nSPS) is 24.2. The van der Waals surface area contributed by atoms with Crippen LogP contribution in [0.5, 0.6) is 0 Å². The van der Waals surface area contributed by atoms with Crippen molar-refractivity contribution in [3.05, 3.63) is 0 Å². The lowest BCUT2D eigenvalue weighted by Gasteiger charge is -2.18. The minimum atomic E-state index is -1.79. The fourth-order valence-electron chi connectivity index (χ4n) is 2.83. The number of carbonyl (C=O) groups excluding carboxylic acids is 2. The van der Waals surface area contributed by atoms with Gasteiger partial charge in [0.05, 0.1) is 6.61 Å². The number of cyclic esters (lactones) is 1. The first kappa shape index (κ1) is 21.9. The monoisotopic (exact) mass is 360 g/mol. The molecule has 7 nitrogen and oxygen atoms in total. The molecule has 0 aromatic carbocycles. The Morgan fingerprint density at radius 3 is 2.04 bits per heavy atom. The van der Waals surface area contributed by atoms with Gasteiger partial charge in [-0.3, -0.25) is 0 Å². The van der Waals surface area contributed by atoms with E-state index < -0.39 is 36.4 Å². The van der Waals surface area contributed by atoms with Crippen LogP contribution in [0.25, 0.3) is 0 Å². The molecule has 1 aliphatic rings. The van der Waals surface area contributed by atoms with E-state index in [0.29, 0.717) is 6.42 Å². The maximum Gasteiger partial charge on any atom is 0.339 e. The average molecular weight is 360 g/mol. The van der Waals surface area contributed by atoms with Gasteiger partial charge in [-0.2, -0.15) is 0 Å². The van der Waals surface area contributed by atoms with Crippen molar-refractivity contribution in [2.75, 3.05) is 6.61 Å². The summed E-state index contributed by atoms with van der Waals surface area (Å²) in [6.07, 6.45) is 4.94. The van der Waals surface area contributed by atoms with Gasteiger partial charge in [-0.25, -0.2) is 9.59 Å². The minimum Gasteiger partial charge on any atom is -0.464 e. The first-order valence-electron chi connectivity index (χ1n) is 9.40. The van der Waals surface area contributed by atoms with Gasteiger partial charge in [-0.1, -0.05) is 64.7 Å². The fourth-order valence-corrected chi connectivity index (χ4v) is 2.83. The molecule has 1 aliphatic heterocycles. The van der Waals surface area contributed by atoms with E-state index >= 15 is 0 Å². The molecule has 1 saturated heterocycles. The Hall–Kier alpha value is -1.18. The van der Waals surface area contributed by atoms with Gasteiger partial charge in [0.15, 0.2) is 18.3 Å². The van der Waals surface area contributed by atoms with E-state index in [0.717, 1.165) is 12.8 Å². The van der Waals surface area contributed by atoms with Crippen LogP contribution in [0.4, 0.5) is 0 Å². The Morgan fingerprint density at radius 1 is 1.04 bits per heavy atom. The third kappa shape index (κ3) is 7.71. The molecule has 4 atom stereocenters. The van der Waals surface area contributed by atoms with Crippen LogP contribution in [-0.2, 0) is 19.1 Å². The van der Waals surface area contributed by atoms with Crippen LogP contribution < -0.4 is 0 Å². The quantitative estimate of drug-likeness (QED) is 0.336. The van der Waals surface area contributed by atoms with Crippen molar-refractivity contribution >= 4 is 11.9 Å². The summed E-state index contributed by atoms with van der Waals surface area (Å²) in [5.74, 6) is -2.01. The molecule has 0 spiro atoms. The highest BCUT2D eigenvalue weighted by atomic mass is 16.6. The second-order valence-corrected chi connectivity index (χ2v) is 6.63. The molecule has 3 N–H and O–H groups in total. The number of rotatable bonds is 13. The van der Waals surface area contributed by atoms with Crippen molar-refractivity contribution in [1.82, 2.24) is 0 Å². The van der Waals surface area contributed by atoms with Gasteiger partial charge < -0.3 is 24.8 Å². The zero-order valence-corrected chi connectivity index (χ0v) is 15.1. The van der Waals surface area contributed by atoms with Crippen molar-refractivity contribution < 1.29 is 34.4 Å². The van der Waals surface area contributed by atoms with Crippen LogP contribution in [0.2, 0.25) is 0 Å². The van der Waals surface area contributed by atoms with Gasteiger partial charge in [0, 0.05) is 0 Å². The number of unbranched alkanes of at least 4 members (excludes halogenated alkanes) is 9. The number of esters is 2. The maximum atomic E-state index is 11.7. The molecule has 7 heteroatoms. The molecule has 0 radical (unpaired) electrons. The summed E-state index contributed by atoms with van der Waals surface area (Å²) < 4.78 is 9.52. The van der Waals surface area contributed by atoms with E-state index in [4.69, 9.17) is 4.74 Å². The van der Waals surface area contributed by atoms with Crippen molar-refractivity contribution in [2.24, 2.45) is 0 Å². The fraction of sp³-hybridized carbons (Fsp3) is 0.889. The molecule has 0 aromatic heterocycles.